The van der Waals surface area contributed by atoms with Crippen molar-refractivity contribution in [3.8, 4) is 0 Å². The molecule has 3 aromatic rings. The van der Waals surface area contributed by atoms with Crippen molar-refractivity contribution in [2.45, 2.75) is 51.1 Å². The Balaban J connectivity index is 1.35. The number of aromatic nitrogens is 1. The number of thiocarbonyl (C=S) groups is 1. The van der Waals surface area contributed by atoms with E-state index in [-0.39, 0.29) is 23.6 Å². The van der Waals surface area contributed by atoms with Crippen molar-refractivity contribution in [2.75, 3.05) is 5.32 Å². The average molecular weight is 494 g/mol. The summed E-state index contributed by atoms with van der Waals surface area (Å²) in [7, 11) is 0. The Morgan fingerprint density at radius 1 is 1.09 bits per heavy atom. The Morgan fingerprint density at radius 3 is 2.71 bits per heavy atom. The van der Waals surface area contributed by atoms with Crippen LogP contribution in [0, 0.1) is 0 Å². The molecule has 34 heavy (non-hydrogen) atoms. The highest BCUT2D eigenvalue weighted by atomic mass is 35.5. The summed E-state index contributed by atoms with van der Waals surface area (Å²) in [6, 6.07) is 12.5. The third-order valence-electron chi connectivity index (χ3n) is 6.64. The molecule has 2 amide bonds. The van der Waals surface area contributed by atoms with Crippen molar-refractivity contribution < 1.29 is 14.4 Å². The smallest absolute Gasteiger partial charge is 0.273 e. The average Bonchev–Trinajstić information content (AvgIpc) is 3.35. The maximum Gasteiger partial charge on any atom is 0.273 e. The van der Waals surface area contributed by atoms with Crippen LogP contribution in [0.2, 0.25) is 5.02 Å². The molecule has 174 valence electrons. The zero-order valence-electron chi connectivity index (χ0n) is 18.5. The molecule has 0 saturated heterocycles. The Kier molecular flexibility index (Phi) is 6.23. The lowest BCUT2D eigenvalue weighted by atomic mass is 10.0. The van der Waals surface area contributed by atoms with E-state index < -0.39 is 0 Å². The van der Waals surface area contributed by atoms with Crippen LogP contribution in [0.5, 0.6) is 0 Å². The van der Waals surface area contributed by atoms with Gasteiger partial charge in [0.1, 0.15) is 11.5 Å². The predicted octanol–water partition coefficient (Wildman–Crippen LogP) is 5.69. The van der Waals surface area contributed by atoms with Crippen LogP contribution in [0.25, 0.3) is 10.9 Å². The molecule has 0 spiro atoms. The first kappa shape index (κ1) is 22.7. The molecule has 1 aliphatic carbocycles. The number of nitrogens with one attached hydrogen (secondary N) is 2. The van der Waals surface area contributed by atoms with Crippen molar-refractivity contribution in [2.24, 2.45) is 0 Å². The number of hydrogen-bond acceptors (Lipinski definition) is 4. The van der Waals surface area contributed by atoms with Gasteiger partial charge in [-0.05, 0) is 55.5 Å². The molecule has 6 nitrogen and oxygen atoms in total. The second-order valence-electron chi connectivity index (χ2n) is 8.89. The molecule has 0 bridgehead atoms. The Hall–Kier alpha value is -3.03. The van der Waals surface area contributed by atoms with Crippen molar-refractivity contribution in [1.29, 1.82) is 0 Å². The fourth-order valence-corrected chi connectivity index (χ4v) is 5.52. The van der Waals surface area contributed by atoms with Crippen LogP contribution in [-0.4, -0.2) is 38.4 Å². The number of benzene rings is 2. The molecular formula is C26H24ClN3O3S. The molecule has 2 N–H and O–H groups in total. The molecule has 8 heteroatoms. The monoisotopic (exact) mass is 493 g/mol. The molecule has 2 aromatic carbocycles. The van der Waals surface area contributed by atoms with Crippen molar-refractivity contribution in [3.05, 3.63) is 64.3 Å². The molecule has 2 heterocycles. The fraction of sp³-hybridized carbons (Fsp3) is 0.308. The van der Waals surface area contributed by atoms with Crippen molar-refractivity contribution >= 4 is 62.9 Å². The van der Waals surface area contributed by atoms with Gasteiger partial charge in [-0.25, -0.2) is 0 Å². The number of anilines is 1. The van der Waals surface area contributed by atoms with E-state index in [0.717, 1.165) is 40.6 Å². The molecule has 1 atom stereocenters. The number of H-pyrrole nitrogens is 1. The van der Waals surface area contributed by atoms with Gasteiger partial charge in [0.15, 0.2) is 0 Å². The fourth-order valence-electron chi connectivity index (χ4n) is 4.83. The Morgan fingerprint density at radius 2 is 1.88 bits per heavy atom. The van der Waals surface area contributed by atoms with Gasteiger partial charge in [0.2, 0.25) is 0 Å². The third-order valence-corrected chi connectivity index (χ3v) is 7.51. The number of amides is 2. The largest absolute Gasteiger partial charge is 0.349 e. The minimum atomic E-state index is -0.349. The number of rotatable bonds is 3. The normalized spacial score (nSPS) is 19.0. The van der Waals surface area contributed by atoms with Crippen LogP contribution in [0.3, 0.4) is 0 Å². The van der Waals surface area contributed by atoms with Crippen LogP contribution < -0.4 is 5.32 Å². The zero-order valence-corrected chi connectivity index (χ0v) is 20.1. The second-order valence-corrected chi connectivity index (χ2v) is 9.79. The maximum absolute atomic E-state index is 13.2. The molecule has 1 fully saturated rings. The molecule has 1 saturated carbocycles. The first-order valence-electron chi connectivity index (χ1n) is 11.5. The zero-order chi connectivity index (χ0) is 23.8. The van der Waals surface area contributed by atoms with E-state index in [1.165, 1.54) is 0 Å². The van der Waals surface area contributed by atoms with Crippen molar-refractivity contribution in [1.82, 2.24) is 9.88 Å². The topological polar surface area (TPSA) is 82.3 Å². The van der Waals surface area contributed by atoms with Crippen LogP contribution in [0.4, 0.5) is 5.69 Å². The Labute approximate surface area is 207 Å². The molecule has 1 aliphatic heterocycles. The quantitative estimate of drug-likeness (QED) is 0.459. The third kappa shape index (κ3) is 4.26. The lowest BCUT2D eigenvalue weighted by Crippen LogP contribution is -2.40. The summed E-state index contributed by atoms with van der Waals surface area (Å²) in [5.41, 5.74) is 3.11. The van der Waals surface area contributed by atoms with Crippen LogP contribution in [0.15, 0.2) is 42.5 Å². The summed E-state index contributed by atoms with van der Waals surface area (Å²) in [6.07, 6.45) is 4.08. The number of para-hydroxylation sites is 1. The first-order chi connectivity index (χ1) is 16.4. The highest BCUT2D eigenvalue weighted by molar-refractivity contribution is 7.80. The number of ketones is 1. The van der Waals surface area contributed by atoms with Gasteiger partial charge in [-0.3, -0.25) is 14.4 Å². The van der Waals surface area contributed by atoms with E-state index in [9.17, 15) is 14.4 Å². The van der Waals surface area contributed by atoms with E-state index in [2.05, 4.69) is 10.3 Å². The van der Waals surface area contributed by atoms with Gasteiger partial charge < -0.3 is 15.2 Å². The Bertz CT molecular complexity index is 1330. The molecule has 2 aliphatic rings. The maximum atomic E-state index is 13.2. The van der Waals surface area contributed by atoms with Crippen LogP contribution >= 0.6 is 23.8 Å². The standard InChI is InChI=1S/C26H24ClN3O3S/c27-23-19-6-2-3-7-20(19)29-24(23)25(32)28-16-9-11-18-15(13-16)14-30(26(18)33)21-12-10-17(31)5-1-4-8-22(21)34/h2-3,6-7,9,11,13,21,29H,1,4-5,8,10,12,14H2,(H,28,32). The number of carbonyl (C=O) groups is 3. The summed E-state index contributed by atoms with van der Waals surface area (Å²) in [5, 5.41) is 4.05. The molecular weight excluding hydrogens is 470 g/mol. The van der Waals surface area contributed by atoms with E-state index >= 15 is 0 Å². The highest BCUT2D eigenvalue weighted by Gasteiger charge is 2.35. The minimum Gasteiger partial charge on any atom is -0.349 e. The van der Waals surface area contributed by atoms with Gasteiger partial charge in [0.05, 0.1) is 11.1 Å². The van der Waals surface area contributed by atoms with Gasteiger partial charge >= 0.3 is 0 Å². The lowest BCUT2D eigenvalue weighted by Gasteiger charge is -2.28. The van der Waals surface area contributed by atoms with Crippen LogP contribution in [0.1, 0.15) is 64.9 Å². The second kappa shape index (κ2) is 9.31. The van der Waals surface area contributed by atoms with Gasteiger partial charge in [-0.15, -0.1) is 0 Å². The summed E-state index contributed by atoms with van der Waals surface area (Å²) < 4.78 is 0. The molecule has 5 rings (SSSR count). The number of halogens is 1. The lowest BCUT2D eigenvalue weighted by molar-refractivity contribution is -0.119. The first-order valence-corrected chi connectivity index (χ1v) is 12.3. The van der Waals surface area contributed by atoms with Crippen LogP contribution in [-0.2, 0) is 11.3 Å². The summed E-state index contributed by atoms with van der Waals surface area (Å²) in [6.45, 7) is 0.407. The number of aromatic amines is 1. The van der Waals surface area contributed by atoms with E-state index in [1.54, 1.807) is 17.0 Å². The summed E-state index contributed by atoms with van der Waals surface area (Å²) in [4.78, 5) is 43.9. The van der Waals surface area contributed by atoms with E-state index in [1.807, 2.05) is 30.3 Å². The minimum absolute atomic E-state index is 0.0782. The number of Topliss-reactive ketones (excluding diaryl/α,β-unsaturated/α-hetero) is 1. The molecule has 1 unspecified atom stereocenters. The van der Waals surface area contributed by atoms with Gasteiger partial charge in [0, 0.05) is 46.4 Å². The number of hydrogen-bond donors (Lipinski definition) is 2. The summed E-state index contributed by atoms with van der Waals surface area (Å²) in [5.74, 6) is -0.191. The number of fused-ring (bicyclic) bond motifs is 2. The summed E-state index contributed by atoms with van der Waals surface area (Å²) >= 11 is 12.1. The number of carbonyl (C=O) groups excluding carboxylic acids is 3. The SMILES string of the molecule is O=C1CCCCC(=S)C(N2Cc3cc(NC(=O)c4[nH]c5ccccc5c4Cl)ccc3C2=O)CC1. The van der Waals surface area contributed by atoms with Gasteiger partial charge in [-0.2, -0.15) is 0 Å². The highest BCUT2D eigenvalue weighted by Crippen LogP contribution is 2.32. The molecule has 0 radical (unpaired) electrons. The predicted molar refractivity (Wildman–Crippen MR) is 137 cm³/mol. The van der Waals surface area contributed by atoms with Gasteiger partial charge in [-0.1, -0.05) is 42.0 Å². The number of nitrogens with zero attached hydrogens (tertiary/aromatic N) is 1. The van der Waals surface area contributed by atoms with E-state index in [0.29, 0.717) is 47.8 Å². The van der Waals surface area contributed by atoms with Crippen molar-refractivity contribution in [3.63, 3.8) is 0 Å². The molecule has 1 aromatic heterocycles. The van der Waals surface area contributed by atoms with Gasteiger partial charge in [0.25, 0.3) is 11.8 Å². The van der Waals surface area contributed by atoms with E-state index in [4.69, 9.17) is 23.8 Å².